The lowest BCUT2D eigenvalue weighted by Crippen LogP contribution is -2.38. The van der Waals surface area contributed by atoms with E-state index in [9.17, 15) is 14.4 Å². The summed E-state index contributed by atoms with van der Waals surface area (Å²) >= 11 is 0. The molecule has 3 heterocycles. The zero-order valence-corrected chi connectivity index (χ0v) is 19.3. The van der Waals surface area contributed by atoms with Crippen molar-refractivity contribution >= 4 is 17.7 Å². The third-order valence-corrected chi connectivity index (χ3v) is 6.38. The fourth-order valence-corrected chi connectivity index (χ4v) is 4.50. The number of methoxy groups -OCH3 is 1. The maximum atomic E-state index is 12.9. The molecule has 0 spiro atoms. The summed E-state index contributed by atoms with van der Waals surface area (Å²) in [5.74, 6) is 0.436. The molecule has 0 bridgehead atoms. The van der Waals surface area contributed by atoms with Gasteiger partial charge >= 0.3 is 0 Å². The first-order valence-corrected chi connectivity index (χ1v) is 11.5. The van der Waals surface area contributed by atoms with Gasteiger partial charge in [-0.25, -0.2) is 0 Å². The highest BCUT2D eigenvalue weighted by Gasteiger charge is 2.31. The van der Waals surface area contributed by atoms with Gasteiger partial charge in [0.1, 0.15) is 5.75 Å². The molecule has 9 heteroatoms. The van der Waals surface area contributed by atoms with Gasteiger partial charge in [-0.3, -0.25) is 19.1 Å². The molecule has 3 amide bonds. The Bertz CT molecular complexity index is 1040. The first-order chi connectivity index (χ1) is 16.0. The second-order valence-electron chi connectivity index (χ2n) is 8.59. The Hall–Kier alpha value is -3.36. The minimum absolute atomic E-state index is 0.0458. The number of amides is 3. The summed E-state index contributed by atoms with van der Waals surface area (Å²) in [6, 6.07) is 7.50. The summed E-state index contributed by atoms with van der Waals surface area (Å²) in [6.45, 7) is 2.83. The van der Waals surface area contributed by atoms with Crippen LogP contribution in [0.25, 0.3) is 0 Å². The van der Waals surface area contributed by atoms with Crippen molar-refractivity contribution < 1.29 is 19.1 Å². The molecule has 1 saturated heterocycles. The molecule has 0 saturated carbocycles. The number of ether oxygens (including phenoxy) is 1. The van der Waals surface area contributed by atoms with E-state index in [1.54, 1.807) is 16.7 Å². The Morgan fingerprint density at radius 1 is 1.09 bits per heavy atom. The Labute approximate surface area is 193 Å². The van der Waals surface area contributed by atoms with Crippen LogP contribution in [0.1, 0.15) is 53.0 Å². The van der Waals surface area contributed by atoms with Crippen LogP contribution in [0.15, 0.2) is 24.3 Å². The zero-order chi connectivity index (χ0) is 23.4. The molecule has 0 aliphatic carbocycles. The van der Waals surface area contributed by atoms with Gasteiger partial charge in [0.15, 0.2) is 5.69 Å². The molecule has 0 radical (unpaired) electrons. The van der Waals surface area contributed by atoms with Crippen LogP contribution < -0.4 is 10.1 Å². The third kappa shape index (κ3) is 5.18. The normalized spacial score (nSPS) is 15.3. The number of benzene rings is 1. The van der Waals surface area contributed by atoms with Crippen molar-refractivity contribution in [2.75, 3.05) is 26.7 Å². The number of hydrogen-bond acceptors (Lipinski definition) is 5. The molecule has 2 aliphatic heterocycles. The number of likely N-dealkylation sites (tertiary alicyclic amines) is 1. The highest BCUT2D eigenvalue weighted by atomic mass is 16.5. The molecule has 2 aliphatic rings. The lowest BCUT2D eigenvalue weighted by Gasteiger charge is -2.28. The average Bonchev–Trinajstić information content (AvgIpc) is 3.49. The van der Waals surface area contributed by atoms with Gasteiger partial charge in [0.25, 0.3) is 5.91 Å². The Morgan fingerprint density at radius 3 is 2.64 bits per heavy atom. The predicted molar refractivity (Wildman–Crippen MR) is 122 cm³/mol. The topological polar surface area (TPSA) is 96.8 Å². The Morgan fingerprint density at radius 2 is 1.88 bits per heavy atom. The quantitative estimate of drug-likeness (QED) is 0.688. The van der Waals surface area contributed by atoms with Crippen molar-refractivity contribution in [3.8, 4) is 5.75 Å². The largest absolute Gasteiger partial charge is 0.497 e. The molecule has 1 fully saturated rings. The molecule has 9 nitrogen and oxygen atoms in total. The standard InChI is InChI=1S/C24H31N5O4/c1-27-20-10-13-29(16-19(20)23(26-27)24(32)28-11-3-4-12-28)22(31)9-8-21(30)25-15-17-6-5-7-18(14-17)33-2/h5-7,14H,3-4,8-13,15-16H2,1-2H3,(H,25,30). The average molecular weight is 454 g/mol. The van der Waals surface area contributed by atoms with Gasteiger partial charge in [0, 0.05) is 70.3 Å². The van der Waals surface area contributed by atoms with E-state index in [1.807, 2.05) is 36.2 Å². The number of fused-ring (bicyclic) bond motifs is 1. The maximum absolute atomic E-state index is 12.9. The number of aryl methyl sites for hydroxylation is 1. The van der Waals surface area contributed by atoms with Crippen LogP contribution in [-0.4, -0.2) is 64.0 Å². The van der Waals surface area contributed by atoms with Gasteiger partial charge in [-0.2, -0.15) is 5.10 Å². The minimum Gasteiger partial charge on any atom is -0.497 e. The van der Waals surface area contributed by atoms with E-state index in [1.165, 1.54) is 0 Å². The van der Waals surface area contributed by atoms with E-state index in [0.29, 0.717) is 31.7 Å². The van der Waals surface area contributed by atoms with E-state index in [0.717, 1.165) is 48.5 Å². The SMILES string of the molecule is COc1cccc(CNC(=O)CCC(=O)N2CCc3c(c(C(=O)N4CCCC4)nn3C)C2)c1. The van der Waals surface area contributed by atoms with Crippen LogP contribution >= 0.6 is 0 Å². The monoisotopic (exact) mass is 453 g/mol. The number of carbonyl (C=O) groups excluding carboxylic acids is 3. The number of carbonyl (C=O) groups is 3. The van der Waals surface area contributed by atoms with Crippen LogP contribution in [0.3, 0.4) is 0 Å². The van der Waals surface area contributed by atoms with Crippen molar-refractivity contribution in [1.82, 2.24) is 24.9 Å². The van der Waals surface area contributed by atoms with Crippen molar-refractivity contribution in [1.29, 1.82) is 0 Å². The summed E-state index contributed by atoms with van der Waals surface area (Å²) in [7, 11) is 3.45. The maximum Gasteiger partial charge on any atom is 0.274 e. The number of rotatable bonds is 7. The first-order valence-electron chi connectivity index (χ1n) is 11.5. The first kappa shape index (κ1) is 22.8. The highest BCUT2D eigenvalue weighted by molar-refractivity contribution is 5.94. The number of nitrogens with one attached hydrogen (secondary N) is 1. The smallest absolute Gasteiger partial charge is 0.274 e. The summed E-state index contributed by atoms with van der Waals surface area (Å²) in [5.41, 5.74) is 3.25. The number of nitrogens with zero attached hydrogens (tertiary/aromatic N) is 4. The van der Waals surface area contributed by atoms with Crippen LogP contribution in [0.4, 0.5) is 0 Å². The van der Waals surface area contributed by atoms with E-state index >= 15 is 0 Å². The minimum atomic E-state index is -0.171. The predicted octanol–water partition coefficient (Wildman–Crippen LogP) is 1.65. The molecule has 1 N–H and O–H groups in total. The lowest BCUT2D eigenvalue weighted by molar-refractivity contribution is -0.134. The summed E-state index contributed by atoms with van der Waals surface area (Å²) < 4.78 is 6.96. The van der Waals surface area contributed by atoms with Gasteiger partial charge in [0.2, 0.25) is 11.8 Å². The van der Waals surface area contributed by atoms with E-state index in [2.05, 4.69) is 10.4 Å². The van der Waals surface area contributed by atoms with Gasteiger partial charge in [0.05, 0.1) is 7.11 Å². The van der Waals surface area contributed by atoms with Gasteiger partial charge < -0.3 is 19.9 Å². The molecule has 0 atom stereocenters. The van der Waals surface area contributed by atoms with Gasteiger partial charge in [-0.1, -0.05) is 12.1 Å². The van der Waals surface area contributed by atoms with E-state index in [4.69, 9.17) is 4.74 Å². The molecule has 1 aromatic heterocycles. The van der Waals surface area contributed by atoms with Crippen molar-refractivity contribution in [2.24, 2.45) is 7.05 Å². The van der Waals surface area contributed by atoms with Crippen molar-refractivity contribution in [3.63, 3.8) is 0 Å². The lowest BCUT2D eigenvalue weighted by atomic mass is 10.0. The molecule has 4 rings (SSSR count). The molecule has 33 heavy (non-hydrogen) atoms. The van der Waals surface area contributed by atoms with Crippen LogP contribution in [-0.2, 0) is 36.1 Å². The molecule has 2 aromatic rings. The second-order valence-corrected chi connectivity index (χ2v) is 8.59. The fourth-order valence-electron chi connectivity index (χ4n) is 4.50. The van der Waals surface area contributed by atoms with Crippen LogP contribution in [0.2, 0.25) is 0 Å². The Balaban J connectivity index is 1.31. The second kappa shape index (κ2) is 10.1. The molecule has 176 valence electrons. The van der Waals surface area contributed by atoms with Crippen molar-refractivity contribution in [2.45, 2.75) is 45.2 Å². The molecular formula is C24H31N5O4. The van der Waals surface area contributed by atoms with Gasteiger partial charge in [-0.05, 0) is 30.5 Å². The summed E-state index contributed by atoms with van der Waals surface area (Å²) in [5, 5.41) is 7.34. The van der Waals surface area contributed by atoms with E-state index < -0.39 is 0 Å². The number of aromatic nitrogens is 2. The Kier molecular flexibility index (Phi) is 6.96. The van der Waals surface area contributed by atoms with Crippen LogP contribution in [0.5, 0.6) is 5.75 Å². The summed E-state index contributed by atoms with van der Waals surface area (Å²) in [6.07, 6.45) is 2.95. The fraction of sp³-hybridized carbons (Fsp3) is 0.500. The van der Waals surface area contributed by atoms with Crippen molar-refractivity contribution in [3.05, 3.63) is 46.8 Å². The van der Waals surface area contributed by atoms with Crippen LogP contribution in [0, 0.1) is 0 Å². The van der Waals surface area contributed by atoms with E-state index in [-0.39, 0.29) is 30.6 Å². The zero-order valence-electron chi connectivity index (χ0n) is 19.3. The molecule has 0 unspecified atom stereocenters. The molecule has 1 aromatic carbocycles. The highest BCUT2D eigenvalue weighted by Crippen LogP contribution is 2.25. The van der Waals surface area contributed by atoms with Gasteiger partial charge in [-0.15, -0.1) is 0 Å². The number of hydrogen-bond donors (Lipinski definition) is 1. The summed E-state index contributed by atoms with van der Waals surface area (Å²) in [4.78, 5) is 41.6. The molecular weight excluding hydrogens is 422 g/mol. The third-order valence-electron chi connectivity index (χ3n) is 6.38.